The van der Waals surface area contributed by atoms with Gasteiger partial charge in [0.05, 0.1) is 6.61 Å². The predicted molar refractivity (Wildman–Crippen MR) is 115 cm³/mol. The Bertz CT molecular complexity index is 707. The zero-order chi connectivity index (χ0) is 21.4. The largest absolute Gasteiger partial charge is 0.494 e. The molecule has 0 bridgehead atoms. The van der Waals surface area contributed by atoms with Crippen molar-refractivity contribution in [3.8, 4) is 5.75 Å². The fourth-order valence-corrected chi connectivity index (χ4v) is 3.33. The highest BCUT2D eigenvalue weighted by Gasteiger charge is 2.26. The van der Waals surface area contributed by atoms with Gasteiger partial charge in [-0.05, 0) is 70.2 Å². The maximum atomic E-state index is 12.6. The number of rotatable bonds is 6. The van der Waals surface area contributed by atoms with E-state index < -0.39 is 5.60 Å². The quantitative estimate of drug-likeness (QED) is 0.669. The van der Waals surface area contributed by atoms with Gasteiger partial charge in [-0.3, -0.25) is 4.79 Å². The minimum atomic E-state index is -0.508. The maximum Gasteiger partial charge on any atom is 0.410 e. The number of ether oxygens (including phenoxy) is 2. The van der Waals surface area contributed by atoms with Crippen LogP contribution in [0, 0.1) is 5.92 Å². The summed E-state index contributed by atoms with van der Waals surface area (Å²) < 4.78 is 10.8. The molecule has 2 rings (SSSR count). The number of benzene rings is 1. The van der Waals surface area contributed by atoms with Crippen molar-refractivity contribution in [3.63, 3.8) is 0 Å². The van der Waals surface area contributed by atoms with Gasteiger partial charge in [0.25, 0.3) is 0 Å². The number of carbonyl (C=O) groups is 2. The van der Waals surface area contributed by atoms with Gasteiger partial charge in [0, 0.05) is 32.8 Å². The second-order valence-electron chi connectivity index (χ2n) is 8.49. The molecular weight excluding hydrogens is 368 g/mol. The highest BCUT2D eigenvalue weighted by Crippen LogP contribution is 2.19. The first-order valence-electron chi connectivity index (χ1n) is 10.3. The zero-order valence-electron chi connectivity index (χ0n) is 18.3. The van der Waals surface area contributed by atoms with E-state index >= 15 is 0 Å². The Balaban J connectivity index is 1.87. The summed E-state index contributed by atoms with van der Waals surface area (Å²) in [6.45, 7) is 10.1. The van der Waals surface area contributed by atoms with Crippen LogP contribution in [0.4, 0.5) is 4.79 Å². The molecule has 0 aromatic heterocycles. The van der Waals surface area contributed by atoms with E-state index in [9.17, 15) is 9.59 Å². The van der Waals surface area contributed by atoms with Gasteiger partial charge >= 0.3 is 6.09 Å². The molecule has 2 amide bonds. The molecule has 0 aliphatic carbocycles. The lowest BCUT2D eigenvalue weighted by molar-refractivity contribution is -0.127. The molecular formula is C23H34N2O4. The Kier molecular flexibility index (Phi) is 8.11. The van der Waals surface area contributed by atoms with Gasteiger partial charge < -0.3 is 19.3 Å². The van der Waals surface area contributed by atoms with E-state index in [0.717, 1.165) is 30.7 Å². The lowest BCUT2D eigenvalue weighted by Gasteiger charge is -2.34. The molecule has 1 unspecified atom stereocenters. The number of likely N-dealkylation sites (tertiary alicyclic amines) is 1. The van der Waals surface area contributed by atoms with E-state index in [4.69, 9.17) is 9.47 Å². The lowest BCUT2D eigenvalue weighted by Crippen LogP contribution is -2.44. The van der Waals surface area contributed by atoms with E-state index in [1.807, 2.05) is 62.9 Å². The van der Waals surface area contributed by atoms with Gasteiger partial charge in [-0.1, -0.05) is 12.1 Å². The number of amides is 2. The van der Waals surface area contributed by atoms with Crippen molar-refractivity contribution < 1.29 is 19.1 Å². The van der Waals surface area contributed by atoms with Crippen molar-refractivity contribution in [2.75, 3.05) is 33.3 Å². The van der Waals surface area contributed by atoms with Crippen LogP contribution in [-0.2, 0) is 9.53 Å². The lowest BCUT2D eigenvalue weighted by atomic mass is 9.97. The summed E-state index contributed by atoms with van der Waals surface area (Å²) in [5, 5.41) is 0. The molecule has 29 heavy (non-hydrogen) atoms. The Morgan fingerprint density at radius 1 is 1.24 bits per heavy atom. The minimum absolute atomic E-state index is 0.00325. The third-order valence-electron chi connectivity index (χ3n) is 4.68. The van der Waals surface area contributed by atoms with Crippen LogP contribution in [0.25, 0.3) is 6.08 Å². The average molecular weight is 403 g/mol. The van der Waals surface area contributed by atoms with Crippen LogP contribution in [0.2, 0.25) is 0 Å². The first-order valence-corrected chi connectivity index (χ1v) is 10.3. The number of nitrogens with zero attached hydrogens (tertiary/aromatic N) is 2. The molecule has 6 heteroatoms. The van der Waals surface area contributed by atoms with Gasteiger partial charge in [0.15, 0.2) is 0 Å². The van der Waals surface area contributed by atoms with Crippen molar-refractivity contribution in [3.05, 3.63) is 35.9 Å². The van der Waals surface area contributed by atoms with Crippen molar-refractivity contribution in [1.82, 2.24) is 9.80 Å². The SMILES string of the molecule is CCOc1ccc(/C=C/C(=O)N2CCCC(CN(C)C(=O)OC(C)(C)C)C2)cc1. The van der Waals surface area contributed by atoms with Gasteiger partial charge in [-0.25, -0.2) is 4.79 Å². The van der Waals surface area contributed by atoms with Gasteiger partial charge in [0.1, 0.15) is 11.4 Å². The molecule has 1 saturated heterocycles. The first-order chi connectivity index (χ1) is 13.7. The molecule has 1 heterocycles. The van der Waals surface area contributed by atoms with E-state index in [1.54, 1.807) is 18.0 Å². The highest BCUT2D eigenvalue weighted by atomic mass is 16.6. The smallest absolute Gasteiger partial charge is 0.410 e. The van der Waals surface area contributed by atoms with Crippen LogP contribution in [0.15, 0.2) is 30.3 Å². The Hall–Kier alpha value is -2.50. The molecule has 1 fully saturated rings. The van der Waals surface area contributed by atoms with Crippen LogP contribution in [-0.4, -0.2) is 60.7 Å². The summed E-state index contributed by atoms with van der Waals surface area (Å²) in [7, 11) is 1.75. The Morgan fingerprint density at radius 3 is 2.55 bits per heavy atom. The van der Waals surface area contributed by atoms with E-state index in [2.05, 4.69) is 0 Å². The molecule has 0 saturated carbocycles. The maximum absolute atomic E-state index is 12.6. The summed E-state index contributed by atoms with van der Waals surface area (Å²) in [6, 6.07) is 7.67. The third kappa shape index (κ3) is 7.80. The molecule has 6 nitrogen and oxygen atoms in total. The summed E-state index contributed by atoms with van der Waals surface area (Å²) in [5.74, 6) is 1.08. The van der Waals surface area contributed by atoms with E-state index in [1.165, 1.54) is 0 Å². The number of piperidine rings is 1. The molecule has 1 aromatic rings. The van der Waals surface area contributed by atoms with Gasteiger partial charge in [-0.15, -0.1) is 0 Å². The summed E-state index contributed by atoms with van der Waals surface area (Å²) in [5.41, 5.74) is 0.450. The topological polar surface area (TPSA) is 59.1 Å². The molecule has 1 aliphatic rings. The van der Waals surface area contributed by atoms with E-state index in [0.29, 0.717) is 19.7 Å². The van der Waals surface area contributed by atoms with Gasteiger partial charge in [0.2, 0.25) is 5.91 Å². The summed E-state index contributed by atoms with van der Waals surface area (Å²) in [6.07, 6.45) is 5.07. The van der Waals surface area contributed by atoms with Crippen molar-refractivity contribution in [1.29, 1.82) is 0 Å². The summed E-state index contributed by atoms with van der Waals surface area (Å²) >= 11 is 0. The first kappa shape index (κ1) is 22.8. The van der Waals surface area contributed by atoms with E-state index in [-0.39, 0.29) is 17.9 Å². The molecule has 1 aromatic carbocycles. The number of carbonyl (C=O) groups excluding carboxylic acids is 2. The monoisotopic (exact) mass is 402 g/mol. The van der Waals surface area contributed by atoms with Gasteiger partial charge in [-0.2, -0.15) is 0 Å². The molecule has 0 N–H and O–H groups in total. The summed E-state index contributed by atoms with van der Waals surface area (Å²) in [4.78, 5) is 28.3. The highest BCUT2D eigenvalue weighted by molar-refractivity contribution is 5.91. The minimum Gasteiger partial charge on any atom is -0.494 e. The molecule has 1 aliphatic heterocycles. The second-order valence-corrected chi connectivity index (χ2v) is 8.49. The molecule has 0 spiro atoms. The predicted octanol–water partition coefficient (Wildman–Crippen LogP) is 4.20. The standard InChI is InChI=1S/C23H34N2O4/c1-6-28-20-12-9-18(10-13-20)11-14-21(26)25-15-7-8-19(17-25)16-24(5)22(27)29-23(2,3)4/h9-14,19H,6-8,15-17H2,1-5H3/b14-11+. The Morgan fingerprint density at radius 2 is 1.93 bits per heavy atom. The van der Waals surface area contributed by atoms with Crippen molar-refractivity contribution in [2.24, 2.45) is 5.92 Å². The van der Waals surface area contributed by atoms with Crippen LogP contribution >= 0.6 is 0 Å². The number of hydrogen-bond donors (Lipinski definition) is 0. The Labute approximate surface area is 174 Å². The van der Waals surface area contributed by atoms with Crippen LogP contribution in [0.5, 0.6) is 5.75 Å². The normalized spacial score (nSPS) is 17.3. The number of hydrogen-bond acceptors (Lipinski definition) is 4. The average Bonchev–Trinajstić information content (AvgIpc) is 2.66. The molecule has 160 valence electrons. The van der Waals surface area contributed by atoms with Crippen molar-refractivity contribution in [2.45, 2.75) is 46.1 Å². The molecule has 1 atom stereocenters. The third-order valence-corrected chi connectivity index (χ3v) is 4.68. The fraction of sp³-hybridized carbons (Fsp3) is 0.565. The van der Waals surface area contributed by atoms with Crippen LogP contribution < -0.4 is 4.74 Å². The van der Waals surface area contributed by atoms with Crippen molar-refractivity contribution >= 4 is 18.1 Å². The molecule has 0 radical (unpaired) electrons. The second kappa shape index (κ2) is 10.3. The van der Waals surface area contributed by atoms with Crippen LogP contribution in [0.3, 0.4) is 0 Å². The zero-order valence-corrected chi connectivity index (χ0v) is 18.3. The fourth-order valence-electron chi connectivity index (χ4n) is 3.33. The van der Waals surface area contributed by atoms with Crippen LogP contribution in [0.1, 0.15) is 46.1 Å².